The number of carbonyl (C=O) groups excluding carboxylic acids is 1. The van der Waals surface area contributed by atoms with Crippen molar-refractivity contribution in [3.63, 3.8) is 0 Å². The van der Waals surface area contributed by atoms with Crippen LogP contribution >= 0.6 is 0 Å². The van der Waals surface area contributed by atoms with E-state index in [1.54, 1.807) is 19.1 Å². The van der Waals surface area contributed by atoms with Gasteiger partial charge in [0.05, 0.1) is 12.0 Å². The molecule has 2 N–H and O–H groups in total. The summed E-state index contributed by atoms with van der Waals surface area (Å²) in [5, 5.41) is 13.7. The van der Waals surface area contributed by atoms with Gasteiger partial charge in [0.2, 0.25) is 0 Å². The van der Waals surface area contributed by atoms with Gasteiger partial charge in [-0.15, -0.1) is 0 Å². The van der Waals surface area contributed by atoms with Crippen LogP contribution in [0.25, 0.3) is 0 Å². The van der Waals surface area contributed by atoms with Crippen LogP contribution in [0, 0.1) is 10.1 Å². The highest BCUT2D eigenvalue weighted by Crippen LogP contribution is 2.30. The maximum Gasteiger partial charge on any atom is 0.292 e. The normalized spacial score (nSPS) is 17.6. The van der Waals surface area contributed by atoms with Crippen LogP contribution in [0.3, 0.4) is 0 Å². The summed E-state index contributed by atoms with van der Waals surface area (Å²) in [5.74, 6) is 1.12. The standard InChI is InChI=1S/C19H21N3O5/c1-13(19(23)20-15-7-3-4-8-16(15)22(24)25)21(2)11-14-12-26-17-9-5-6-10-18(17)27-14/h3-10,13-14H,11-12H2,1-2H3,(H,20,23)/p+1/t13-,14+/m0/s1. The second-order valence-electron chi connectivity index (χ2n) is 6.53. The Morgan fingerprint density at radius 2 is 1.93 bits per heavy atom. The van der Waals surface area contributed by atoms with Crippen LogP contribution < -0.4 is 19.7 Å². The number of amides is 1. The molecule has 3 rings (SSSR count). The average molecular weight is 372 g/mol. The summed E-state index contributed by atoms with van der Waals surface area (Å²) in [5.41, 5.74) is 0.0645. The predicted octanol–water partition coefficient (Wildman–Crippen LogP) is 1.28. The highest BCUT2D eigenvalue weighted by atomic mass is 16.6. The number of nitro benzene ring substituents is 1. The van der Waals surface area contributed by atoms with E-state index >= 15 is 0 Å². The molecule has 1 heterocycles. The number of hydrogen-bond donors (Lipinski definition) is 2. The van der Waals surface area contributed by atoms with E-state index in [9.17, 15) is 14.9 Å². The van der Waals surface area contributed by atoms with E-state index in [1.807, 2.05) is 31.3 Å². The third-order valence-corrected chi connectivity index (χ3v) is 4.61. The maximum absolute atomic E-state index is 12.5. The summed E-state index contributed by atoms with van der Waals surface area (Å²) >= 11 is 0. The predicted molar refractivity (Wildman–Crippen MR) is 99.3 cm³/mol. The molecule has 1 aliphatic rings. The first-order valence-electron chi connectivity index (χ1n) is 8.70. The zero-order chi connectivity index (χ0) is 19.4. The van der Waals surface area contributed by atoms with Crippen molar-refractivity contribution in [3.8, 4) is 11.5 Å². The third kappa shape index (κ3) is 4.35. The van der Waals surface area contributed by atoms with Crippen LogP contribution in [0.1, 0.15) is 6.92 Å². The van der Waals surface area contributed by atoms with Crippen molar-refractivity contribution >= 4 is 17.3 Å². The Kier molecular flexibility index (Phi) is 5.56. The van der Waals surface area contributed by atoms with E-state index in [4.69, 9.17) is 9.47 Å². The van der Waals surface area contributed by atoms with Gasteiger partial charge in [-0.2, -0.15) is 0 Å². The molecule has 8 nitrogen and oxygen atoms in total. The Hall–Kier alpha value is -3.13. The maximum atomic E-state index is 12.5. The lowest BCUT2D eigenvalue weighted by Crippen LogP contribution is -3.15. The molecule has 1 aliphatic heterocycles. The first-order chi connectivity index (χ1) is 13.0. The van der Waals surface area contributed by atoms with Crippen molar-refractivity contribution in [2.45, 2.75) is 19.1 Å². The highest BCUT2D eigenvalue weighted by molar-refractivity contribution is 5.95. The van der Waals surface area contributed by atoms with Crippen molar-refractivity contribution in [2.75, 3.05) is 25.5 Å². The zero-order valence-corrected chi connectivity index (χ0v) is 15.2. The van der Waals surface area contributed by atoms with E-state index in [-0.39, 0.29) is 23.4 Å². The lowest BCUT2D eigenvalue weighted by molar-refractivity contribution is -0.896. The molecular weight excluding hydrogens is 350 g/mol. The summed E-state index contributed by atoms with van der Waals surface area (Å²) in [6, 6.07) is 13.1. The minimum absolute atomic E-state index is 0.128. The van der Waals surface area contributed by atoms with E-state index < -0.39 is 11.0 Å². The number of hydrogen-bond acceptors (Lipinski definition) is 5. The molecule has 142 valence electrons. The molecule has 0 saturated carbocycles. The highest BCUT2D eigenvalue weighted by Gasteiger charge is 2.29. The fraction of sp³-hybridized carbons (Fsp3) is 0.316. The largest absolute Gasteiger partial charge is 0.486 e. The number of ether oxygens (including phenoxy) is 2. The molecule has 1 unspecified atom stereocenters. The quantitative estimate of drug-likeness (QED) is 0.588. The summed E-state index contributed by atoms with van der Waals surface area (Å²) in [6.45, 7) is 2.74. The Bertz CT molecular complexity index is 842. The van der Waals surface area contributed by atoms with Gasteiger partial charge in [0, 0.05) is 6.07 Å². The van der Waals surface area contributed by atoms with Gasteiger partial charge in [0.1, 0.15) is 18.8 Å². The molecular formula is C19H22N3O5+. The minimum Gasteiger partial charge on any atom is -0.486 e. The molecule has 0 aromatic heterocycles. The molecule has 0 fully saturated rings. The monoisotopic (exact) mass is 372 g/mol. The SMILES string of the molecule is C[C@@H](C(=O)Nc1ccccc1[N+](=O)[O-])[NH+](C)C[C@@H]1COc2ccccc2O1. The van der Waals surface area contributed by atoms with Gasteiger partial charge >= 0.3 is 0 Å². The molecule has 0 bridgehead atoms. The smallest absolute Gasteiger partial charge is 0.292 e. The van der Waals surface area contributed by atoms with Gasteiger partial charge in [-0.1, -0.05) is 24.3 Å². The van der Waals surface area contributed by atoms with Crippen molar-refractivity contribution in [2.24, 2.45) is 0 Å². The van der Waals surface area contributed by atoms with Gasteiger partial charge in [-0.25, -0.2) is 0 Å². The molecule has 8 heteroatoms. The molecule has 27 heavy (non-hydrogen) atoms. The molecule has 2 aromatic carbocycles. The van der Waals surface area contributed by atoms with E-state index in [1.165, 1.54) is 12.1 Å². The van der Waals surface area contributed by atoms with Gasteiger partial charge in [0.25, 0.3) is 11.6 Å². The van der Waals surface area contributed by atoms with Crippen LogP contribution in [-0.4, -0.2) is 43.2 Å². The van der Waals surface area contributed by atoms with Crippen molar-refractivity contribution in [1.29, 1.82) is 0 Å². The number of quaternary nitrogens is 1. The second-order valence-corrected chi connectivity index (χ2v) is 6.53. The molecule has 3 atom stereocenters. The first kappa shape index (κ1) is 18.7. The van der Waals surface area contributed by atoms with Crippen LogP contribution in [0.5, 0.6) is 11.5 Å². The Labute approximate surface area is 156 Å². The average Bonchev–Trinajstić information content (AvgIpc) is 2.67. The van der Waals surface area contributed by atoms with Crippen molar-refractivity contribution < 1.29 is 24.1 Å². The fourth-order valence-corrected chi connectivity index (χ4v) is 2.90. The number of anilines is 1. The number of nitro groups is 1. The third-order valence-electron chi connectivity index (χ3n) is 4.61. The number of fused-ring (bicyclic) bond motifs is 1. The minimum atomic E-state index is -0.512. The van der Waals surface area contributed by atoms with E-state index in [0.717, 1.165) is 4.90 Å². The first-order valence-corrected chi connectivity index (χ1v) is 8.70. The zero-order valence-electron chi connectivity index (χ0n) is 15.2. The molecule has 2 aromatic rings. The fourth-order valence-electron chi connectivity index (χ4n) is 2.90. The Balaban J connectivity index is 1.60. The number of likely N-dealkylation sites (N-methyl/N-ethyl adjacent to an activating group) is 1. The number of nitrogens with zero attached hydrogens (tertiary/aromatic N) is 1. The van der Waals surface area contributed by atoms with Crippen LogP contribution in [-0.2, 0) is 4.79 Å². The lowest BCUT2D eigenvalue weighted by Gasteiger charge is -2.29. The molecule has 0 radical (unpaired) electrons. The topological polar surface area (TPSA) is 95.1 Å². The number of rotatable bonds is 6. The van der Waals surface area contributed by atoms with Crippen molar-refractivity contribution in [1.82, 2.24) is 0 Å². The van der Waals surface area contributed by atoms with Gasteiger partial charge in [-0.05, 0) is 25.1 Å². The molecule has 0 saturated heterocycles. The second kappa shape index (κ2) is 8.05. The number of carbonyl (C=O) groups is 1. The van der Waals surface area contributed by atoms with E-state index in [2.05, 4.69) is 5.32 Å². The van der Waals surface area contributed by atoms with Gasteiger partial charge in [0.15, 0.2) is 23.6 Å². The molecule has 1 amide bonds. The number of nitrogens with one attached hydrogen (secondary N) is 2. The van der Waals surface area contributed by atoms with Crippen LogP contribution in [0.15, 0.2) is 48.5 Å². The number of para-hydroxylation sites is 4. The summed E-state index contributed by atoms with van der Waals surface area (Å²) in [7, 11) is 1.88. The lowest BCUT2D eigenvalue weighted by atomic mass is 10.2. The molecule has 0 spiro atoms. The van der Waals surface area contributed by atoms with E-state index in [0.29, 0.717) is 24.7 Å². The summed E-state index contributed by atoms with van der Waals surface area (Å²) in [4.78, 5) is 24.0. The van der Waals surface area contributed by atoms with Gasteiger partial charge < -0.3 is 19.7 Å². The van der Waals surface area contributed by atoms with Gasteiger partial charge in [-0.3, -0.25) is 14.9 Å². The van der Waals surface area contributed by atoms with Crippen LogP contribution in [0.2, 0.25) is 0 Å². The Morgan fingerprint density at radius 3 is 2.67 bits per heavy atom. The summed E-state index contributed by atoms with van der Waals surface area (Å²) in [6.07, 6.45) is -0.179. The Morgan fingerprint density at radius 1 is 1.26 bits per heavy atom. The number of benzene rings is 2. The van der Waals surface area contributed by atoms with Crippen LogP contribution in [0.4, 0.5) is 11.4 Å². The molecule has 0 aliphatic carbocycles. The summed E-state index contributed by atoms with van der Waals surface area (Å²) < 4.78 is 11.6. The van der Waals surface area contributed by atoms with Crippen molar-refractivity contribution in [3.05, 3.63) is 58.6 Å².